The lowest BCUT2D eigenvalue weighted by atomic mass is 10.1. The van der Waals surface area contributed by atoms with Crippen molar-refractivity contribution in [1.82, 2.24) is 5.32 Å². The van der Waals surface area contributed by atoms with Crippen molar-refractivity contribution in [3.05, 3.63) is 106 Å². The van der Waals surface area contributed by atoms with Gasteiger partial charge in [0.2, 0.25) is 0 Å². The number of nitro groups is 1. The first kappa shape index (κ1) is 19.8. The molecule has 3 aromatic rings. The second kappa shape index (κ2) is 8.79. The number of amides is 2. The summed E-state index contributed by atoms with van der Waals surface area (Å²) in [5.41, 5.74) is 1.10. The molecule has 0 heterocycles. The smallest absolute Gasteiger partial charge is 0.282 e. The van der Waals surface area contributed by atoms with Crippen LogP contribution in [0.3, 0.4) is 0 Å². The highest BCUT2D eigenvalue weighted by atomic mass is 16.6. The molecular formula is C22H19N3O4. The van der Waals surface area contributed by atoms with Gasteiger partial charge in [-0.25, -0.2) is 0 Å². The van der Waals surface area contributed by atoms with Crippen molar-refractivity contribution in [1.29, 1.82) is 0 Å². The molecule has 0 radical (unpaired) electrons. The molecule has 1 unspecified atom stereocenters. The van der Waals surface area contributed by atoms with Gasteiger partial charge in [-0.05, 0) is 30.7 Å². The number of benzene rings is 3. The summed E-state index contributed by atoms with van der Waals surface area (Å²) in [6, 6.07) is 21.4. The Morgan fingerprint density at radius 1 is 0.828 bits per heavy atom. The standard InChI is InChI=1S/C22H19N3O4/c1-15(16-9-3-2-4-10-16)23-21(26)17-11-5-7-13-19(17)24-22(27)18-12-6-8-14-20(18)25(28)29/h2-15H,1H3,(H,23,26)(H,24,27). The fourth-order valence-corrected chi connectivity index (χ4v) is 2.90. The Bertz CT molecular complexity index is 1050. The van der Waals surface area contributed by atoms with Crippen LogP contribution in [-0.4, -0.2) is 16.7 Å². The molecule has 3 rings (SSSR count). The number of hydrogen-bond acceptors (Lipinski definition) is 4. The van der Waals surface area contributed by atoms with Crippen LogP contribution < -0.4 is 10.6 Å². The molecule has 0 spiro atoms. The molecule has 7 heteroatoms. The molecule has 29 heavy (non-hydrogen) atoms. The second-order valence-electron chi connectivity index (χ2n) is 6.38. The van der Waals surface area contributed by atoms with Crippen molar-refractivity contribution in [2.24, 2.45) is 0 Å². The third kappa shape index (κ3) is 4.65. The molecule has 0 bridgehead atoms. The number of para-hydroxylation sites is 2. The van der Waals surface area contributed by atoms with Crippen LogP contribution in [0.4, 0.5) is 11.4 Å². The Hall–Kier alpha value is -4.00. The Labute approximate surface area is 167 Å². The summed E-state index contributed by atoms with van der Waals surface area (Å²) >= 11 is 0. The largest absolute Gasteiger partial charge is 0.345 e. The van der Waals surface area contributed by atoms with Crippen LogP contribution in [-0.2, 0) is 0 Å². The van der Waals surface area contributed by atoms with Gasteiger partial charge in [-0.1, -0.05) is 54.6 Å². The van der Waals surface area contributed by atoms with E-state index in [1.165, 1.54) is 18.2 Å². The van der Waals surface area contributed by atoms with Crippen LogP contribution in [0.2, 0.25) is 0 Å². The van der Waals surface area contributed by atoms with Crippen molar-refractivity contribution >= 4 is 23.2 Å². The third-order valence-corrected chi connectivity index (χ3v) is 4.41. The monoisotopic (exact) mass is 389 g/mol. The molecule has 0 saturated heterocycles. The van der Waals surface area contributed by atoms with E-state index in [2.05, 4.69) is 10.6 Å². The number of nitrogens with one attached hydrogen (secondary N) is 2. The van der Waals surface area contributed by atoms with Gasteiger partial charge in [-0.15, -0.1) is 0 Å². The van der Waals surface area contributed by atoms with E-state index < -0.39 is 10.8 Å². The molecule has 0 aliphatic carbocycles. The molecule has 2 amide bonds. The average molecular weight is 389 g/mol. The molecule has 2 N–H and O–H groups in total. The number of anilines is 1. The SMILES string of the molecule is CC(NC(=O)c1ccccc1NC(=O)c1ccccc1[N+](=O)[O-])c1ccccc1. The van der Waals surface area contributed by atoms with Crippen molar-refractivity contribution in [3.63, 3.8) is 0 Å². The van der Waals surface area contributed by atoms with Crippen molar-refractivity contribution in [2.75, 3.05) is 5.32 Å². The molecule has 0 aliphatic rings. The molecule has 3 aromatic carbocycles. The minimum atomic E-state index is -0.659. The van der Waals surface area contributed by atoms with Crippen molar-refractivity contribution in [2.45, 2.75) is 13.0 Å². The van der Waals surface area contributed by atoms with Gasteiger partial charge < -0.3 is 10.6 Å². The van der Waals surface area contributed by atoms with E-state index >= 15 is 0 Å². The van der Waals surface area contributed by atoms with E-state index in [0.717, 1.165) is 5.56 Å². The first-order chi connectivity index (χ1) is 14.0. The van der Waals surface area contributed by atoms with Gasteiger partial charge in [-0.3, -0.25) is 19.7 Å². The Kier molecular flexibility index (Phi) is 5.99. The van der Waals surface area contributed by atoms with Gasteiger partial charge in [0.25, 0.3) is 17.5 Å². The molecule has 7 nitrogen and oxygen atoms in total. The van der Waals surface area contributed by atoms with E-state index in [1.54, 1.807) is 30.3 Å². The minimum absolute atomic E-state index is 0.0784. The molecule has 0 aromatic heterocycles. The van der Waals surface area contributed by atoms with Gasteiger partial charge in [0.1, 0.15) is 5.56 Å². The van der Waals surface area contributed by atoms with E-state index in [4.69, 9.17) is 0 Å². The van der Waals surface area contributed by atoms with Crippen LogP contribution in [0.25, 0.3) is 0 Å². The zero-order valence-corrected chi connectivity index (χ0v) is 15.7. The van der Waals surface area contributed by atoms with Crippen LogP contribution in [0, 0.1) is 10.1 Å². The predicted octanol–water partition coefficient (Wildman–Crippen LogP) is 4.34. The van der Waals surface area contributed by atoms with Crippen LogP contribution in [0.15, 0.2) is 78.9 Å². The topological polar surface area (TPSA) is 101 Å². The first-order valence-corrected chi connectivity index (χ1v) is 8.97. The van der Waals surface area contributed by atoms with Gasteiger partial charge in [0, 0.05) is 6.07 Å². The molecule has 1 atom stereocenters. The number of rotatable bonds is 6. The van der Waals surface area contributed by atoms with Crippen LogP contribution in [0.1, 0.15) is 39.2 Å². The Morgan fingerprint density at radius 2 is 1.41 bits per heavy atom. The van der Waals surface area contributed by atoms with Gasteiger partial charge >= 0.3 is 0 Å². The summed E-state index contributed by atoms with van der Waals surface area (Å²) in [7, 11) is 0. The number of nitrogens with zero attached hydrogens (tertiary/aromatic N) is 1. The van der Waals surface area contributed by atoms with E-state index in [9.17, 15) is 19.7 Å². The highest BCUT2D eigenvalue weighted by molar-refractivity contribution is 6.10. The Morgan fingerprint density at radius 3 is 2.10 bits per heavy atom. The molecule has 0 saturated carbocycles. The maximum absolute atomic E-state index is 12.8. The number of carbonyl (C=O) groups is 2. The van der Waals surface area contributed by atoms with Gasteiger partial charge in [-0.2, -0.15) is 0 Å². The summed E-state index contributed by atoms with van der Waals surface area (Å²) in [5.74, 6) is -1.02. The third-order valence-electron chi connectivity index (χ3n) is 4.41. The van der Waals surface area contributed by atoms with Crippen LogP contribution in [0.5, 0.6) is 0 Å². The van der Waals surface area contributed by atoms with Gasteiger partial charge in [0.05, 0.1) is 22.2 Å². The highest BCUT2D eigenvalue weighted by Gasteiger charge is 2.21. The zero-order valence-electron chi connectivity index (χ0n) is 15.7. The second-order valence-corrected chi connectivity index (χ2v) is 6.38. The zero-order chi connectivity index (χ0) is 20.8. The van der Waals surface area contributed by atoms with Crippen molar-refractivity contribution < 1.29 is 14.5 Å². The van der Waals surface area contributed by atoms with E-state index in [1.807, 2.05) is 37.3 Å². The maximum Gasteiger partial charge on any atom is 0.282 e. The Balaban J connectivity index is 1.81. The molecular weight excluding hydrogens is 370 g/mol. The molecule has 0 fully saturated rings. The first-order valence-electron chi connectivity index (χ1n) is 8.97. The van der Waals surface area contributed by atoms with Crippen molar-refractivity contribution in [3.8, 4) is 0 Å². The lowest BCUT2D eigenvalue weighted by molar-refractivity contribution is -0.385. The van der Waals surface area contributed by atoms with Gasteiger partial charge in [0.15, 0.2) is 0 Å². The maximum atomic E-state index is 12.8. The summed E-state index contributed by atoms with van der Waals surface area (Å²) in [5, 5.41) is 16.7. The number of nitro benzene ring substituents is 1. The molecule has 0 aliphatic heterocycles. The number of hydrogen-bond donors (Lipinski definition) is 2. The number of carbonyl (C=O) groups excluding carboxylic acids is 2. The minimum Gasteiger partial charge on any atom is -0.345 e. The summed E-state index contributed by atoms with van der Waals surface area (Å²) in [4.78, 5) is 35.9. The normalized spacial score (nSPS) is 11.3. The van der Waals surface area contributed by atoms with E-state index in [-0.39, 0.29) is 34.5 Å². The molecule has 146 valence electrons. The quantitative estimate of drug-likeness (QED) is 0.484. The highest BCUT2D eigenvalue weighted by Crippen LogP contribution is 2.22. The van der Waals surface area contributed by atoms with Crippen LogP contribution >= 0.6 is 0 Å². The average Bonchev–Trinajstić information content (AvgIpc) is 2.74. The summed E-state index contributed by atoms with van der Waals surface area (Å²) in [6.07, 6.45) is 0. The fraction of sp³-hybridized carbons (Fsp3) is 0.0909. The summed E-state index contributed by atoms with van der Waals surface area (Å²) < 4.78 is 0. The predicted molar refractivity (Wildman–Crippen MR) is 110 cm³/mol. The fourth-order valence-electron chi connectivity index (χ4n) is 2.90. The lowest BCUT2D eigenvalue weighted by Crippen LogP contribution is -2.28. The lowest BCUT2D eigenvalue weighted by Gasteiger charge is -2.16. The summed E-state index contributed by atoms with van der Waals surface area (Å²) in [6.45, 7) is 1.86. The van der Waals surface area contributed by atoms with E-state index in [0.29, 0.717) is 0 Å².